The molecule has 4 unspecified atom stereocenters. The first kappa shape index (κ1) is 16.5. The summed E-state index contributed by atoms with van der Waals surface area (Å²) in [6, 6.07) is 4.70. The van der Waals surface area contributed by atoms with Crippen molar-refractivity contribution in [2.75, 3.05) is 0 Å². The van der Waals surface area contributed by atoms with E-state index >= 15 is 0 Å². The maximum atomic E-state index is 14.1. The molecule has 2 aromatic carbocycles. The highest BCUT2D eigenvalue weighted by Crippen LogP contribution is 2.56. The maximum Gasteiger partial charge on any atom is 0.152 e. The summed E-state index contributed by atoms with van der Waals surface area (Å²) < 4.78 is 0. The summed E-state index contributed by atoms with van der Waals surface area (Å²) >= 11 is 0. The largest absolute Gasteiger partial charge is 0.298 e. The molecule has 0 saturated heterocycles. The summed E-state index contributed by atoms with van der Waals surface area (Å²) in [7, 11) is 0. The summed E-state index contributed by atoms with van der Waals surface area (Å²) in [5, 5.41) is 2.81. The highest BCUT2D eigenvalue weighted by molar-refractivity contribution is 6.10. The highest BCUT2D eigenvalue weighted by Gasteiger charge is 2.48. The van der Waals surface area contributed by atoms with Gasteiger partial charge in [0.25, 0.3) is 0 Å². The maximum absolute atomic E-state index is 14.1. The molecule has 140 valence electrons. The van der Waals surface area contributed by atoms with Gasteiger partial charge in [0.2, 0.25) is 0 Å². The van der Waals surface area contributed by atoms with Crippen LogP contribution in [-0.2, 0) is 11.2 Å². The Bertz CT molecular complexity index is 1160. The molecule has 0 amide bonds. The zero-order valence-electron chi connectivity index (χ0n) is 16.9. The minimum absolute atomic E-state index is 0.0317. The van der Waals surface area contributed by atoms with E-state index in [0.29, 0.717) is 17.6 Å². The van der Waals surface area contributed by atoms with Crippen LogP contribution in [0.3, 0.4) is 0 Å². The number of fused-ring (bicyclic) bond motifs is 2. The molecule has 0 bridgehead atoms. The number of carbonyl (C=O) groups excluding carboxylic acids is 1. The van der Waals surface area contributed by atoms with E-state index in [2.05, 4.69) is 63.3 Å². The van der Waals surface area contributed by atoms with Crippen molar-refractivity contribution in [3.63, 3.8) is 0 Å². The van der Waals surface area contributed by atoms with Gasteiger partial charge in [0.15, 0.2) is 5.78 Å². The van der Waals surface area contributed by atoms with Gasteiger partial charge in [0.1, 0.15) is 0 Å². The van der Waals surface area contributed by atoms with Crippen LogP contribution in [0.4, 0.5) is 0 Å². The van der Waals surface area contributed by atoms with Crippen molar-refractivity contribution in [2.24, 2.45) is 11.8 Å². The Kier molecular flexibility index (Phi) is 3.29. The first-order chi connectivity index (χ1) is 13.6. The van der Waals surface area contributed by atoms with Crippen molar-refractivity contribution >= 4 is 16.6 Å². The summed E-state index contributed by atoms with van der Waals surface area (Å²) in [6.45, 7) is 6.70. The number of hydrogen-bond donors (Lipinski definition) is 0. The molecule has 0 aromatic heterocycles. The molecule has 4 atom stereocenters. The van der Waals surface area contributed by atoms with Crippen molar-refractivity contribution in [1.29, 1.82) is 0 Å². The number of allylic oxidation sites excluding steroid dienone is 6. The number of ketones is 1. The molecule has 4 aliphatic rings. The molecule has 2 aromatic rings. The van der Waals surface area contributed by atoms with Gasteiger partial charge in [-0.05, 0) is 102 Å². The molecular formula is C27H26O. The summed E-state index contributed by atoms with van der Waals surface area (Å²) in [5.74, 6) is 1.35. The Morgan fingerprint density at radius 1 is 0.929 bits per heavy atom. The fraction of sp³-hybridized carbons (Fsp3) is 0.370. The third kappa shape index (κ3) is 1.95. The van der Waals surface area contributed by atoms with Crippen molar-refractivity contribution in [3.05, 3.63) is 81.5 Å². The average molecular weight is 367 g/mol. The van der Waals surface area contributed by atoms with Gasteiger partial charge in [-0.15, -0.1) is 0 Å². The Morgan fingerprint density at radius 2 is 1.75 bits per heavy atom. The second kappa shape index (κ2) is 5.56. The lowest BCUT2D eigenvalue weighted by Gasteiger charge is -2.42. The van der Waals surface area contributed by atoms with Crippen LogP contribution < -0.4 is 0 Å². The van der Waals surface area contributed by atoms with Crippen LogP contribution in [0.15, 0.2) is 48.1 Å². The van der Waals surface area contributed by atoms with E-state index in [4.69, 9.17) is 0 Å². The fourth-order valence-electron chi connectivity index (χ4n) is 6.74. The summed E-state index contributed by atoms with van der Waals surface area (Å²) in [5.41, 5.74) is 9.33. The molecule has 0 radical (unpaired) electrons. The second-order valence-electron chi connectivity index (χ2n) is 9.30. The van der Waals surface area contributed by atoms with E-state index in [1.54, 1.807) is 0 Å². The minimum atomic E-state index is -0.0956. The van der Waals surface area contributed by atoms with Crippen LogP contribution in [0.5, 0.6) is 0 Å². The Morgan fingerprint density at radius 3 is 2.54 bits per heavy atom. The molecule has 0 fully saturated rings. The molecule has 0 saturated carbocycles. The molecule has 0 heterocycles. The molecule has 28 heavy (non-hydrogen) atoms. The summed E-state index contributed by atoms with van der Waals surface area (Å²) in [4.78, 5) is 14.1. The monoisotopic (exact) mass is 366 g/mol. The highest BCUT2D eigenvalue weighted by atomic mass is 16.1. The standard InChI is InChI=1S/C27H26O/c1-14-11-15(2)22-24(17-7-4-5-8-17)27(28)25-20-10-6-9-18(20)13-19-12-16(3)21(14)26(22)23(19)25/h4,6-8,10-12,18,20,24-25H,5,9,13H2,1-3H3. The lowest BCUT2D eigenvalue weighted by molar-refractivity contribution is -0.122. The zero-order valence-corrected chi connectivity index (χ0v) is 16.9. The van der Waals surface area contributed by atoms with Gasteiger partial charge < -0.3 is 0 Å². The van der Waals surface area contributed by atoms with Gasteiger partial charge >= 0.3 is 0 Å². The van der Waals surface area contributed by atoms with Gasteiger partial charge in [-0.3, -0.25) is 4.79 Å². The zero-order chi connectivity index (χ0) is 19.2. The van der Waals surface area contributed by atoms with Gasteiger partial charge in [0, 0.05) is 0 Å². The SMILES string of the molecule is Cc1cc(C)c2c(C)cc3c4c2c1C(C1=CCC=C1)C(=O)C4C1C=CCC1C3. The lowest BCUT2D eigenvalue weighted by atomic mass is 9.60. The number of aryl methyl sites for hydroxylation is 3. The van der Waals surface area contributed by atoms with Crippen molar-refractivity contribution < 1.29 is 4.79 Å². The molecule has 1 heteroatoms. The van der Waals surface area contributed by atoms with Crippen LogP contribution in [0, 0.1) is 32.6 Å². The van der Waals surface area contributed by atoms with Crippen molar-refractivity contribution in [2.45, 2.75) is 51.9 Å². The topological polar surface area (TPSA) is 17.1 Å². The van der Waals surface area contributed by atoms with E-state index in [-0.39, 0.29) is 11.8 Å². The van der Waals surface area contributed by atoms with Gasteiger partial charge in [-0.1, -0.05) is 42.5 Å². The van der Waals surface area contributed by atoms with Crippen molar-refractivity contribution in [1.82, 2.24) is 0 Å². The predicted molar refractivity (Wildman–Crippen MR) is 115 cm³/mol. The molecule has 0 spiro atoms. The van der Waals surface area contributed by atoms with E-state index in [1.165, 1.54) is 49.7 Å². The quantitative estimate of drug-likeness (QED) is 0.553. The van der Waals surface area contributed by atoms with E-state index < -0.39 is 0 Å². The summed E-state index contributed by atoms with van der Waals surface area (Å²) in [6.07, 6.45) is 14.5. The number of rotatable bonds is 1. The predicted octanol–water partition coefficient (Wildman–Crippen LogP) is 6.15. The Labute approximate surface area is 166 Å². The van der Waals surface area contributed by atoms with E-state index in [0.717, 1.165) is 19.3 Å². The van der Waals surface area contributed by atoms with Gasteiger partial charge in [0.05, 0.1) is 11.8 Å². The van der Waals surface area contributed by atoms with Crippen LogP contribution in [0.2, 0.25) is 0 Å². The number of Topliss-reactive ketones (excluding diaryl/α,β-unsaturated/α-hetero) is 1. The third-order valence-corrected chi connectivity index (χ3v) is 7.70. The van der Waals surface area contributed by atoms with Crippen LogP contribution >= 0.6 is 0 Å². The molecule has 6 rings (SSSR count). The normalized spacial score (nSPS) is 29.5. The Hall–Kier alpha value is -2.41. The molecule has 4 aliphatic carbocycles. The van der Waals surface area contributed by atoms with Crippen molar-refractivity contribution in [3.8, 4) is 0 Å². The Balaban J connectivity index is 1.78. The van der Waals surface area contributed by atoms with Crippen LogP contribution in [0.1, 0.15) is 58.1 Å². The van der Waals surface area contributed by atoms with E-state index in [9.17, 15) is 4.79 Å². The third-order valence-electron chi connectivity index (χ3n) is 7.70. The van der Waals surface area contributed by atoms with Gasteiger partial charge in [-0.25, -0.2) is 0 Å². The smallest absolute Gasteiger partial charge is 0.152 e. The fourth-order valence-corrected chi connectivity index (χ4v) is 6.74. The molecule has 1 nitrogen and oxygen atoms in total. The number of carbonyl (C=O) groups is 1. The van der Waals surface area contributed by atoms with Crippen LogP contribution in [-0.4, -0.2) is 5.78 Å². The molecule has 0 N–H and O–H groups in total. The molecular weight excluding hydrogens is 340 g/mol. The first-order valence-corrected chi connectivity index (χ1v) is 10.7. The average Bonchev–Trinajstić information content (AvgIpc) is 3.33. The first-order valence-electron chi connectivity index (χ1n) is 10.7. The second-order valence-corrected chi connectivity index (χ2v) is 9.30. The lowest BCUT2D eigenvalue weighted by Crippen LogP contribution is -2.37. The number of hydrogen-bond acceptors (Lipinski definition) is 1. The minimum Gasteiger partial charge on any atom is -0.298 e. The van der Waals surface area contributed by atoms with Gasteiger partial charge in [-0.2, -0.15) is 0 Å². The van der Waals surface area contributed by atoms with E-state index in [1.807, 2.05) is 0 Å². The number of benzene rings is 2. The van der Waals surface area contributed by atoms with Crippen LogP contribution in [0.25, 0.3) is 10.8 Å². The molecule has 0 aliphatic heterocycles.